The summed E-state index contributed by atoms with van der Waals surface area (Å²) in [7, 11) is 0. The summed E-state index contributed by atoms with van der Waals surface area (Å²) >= 11 is 0. The molecule has 1 heterocycles. The lowest BCUT2D eigenvalue weighted by Gasteiger charge is -2.08. The molecule has 0 atom stereocenters. The molecule has 2 aromatic rings. The minimum absolute atomic E-state index is 0.0436. The lowest BCUT2D eigenvalue weighted by atomic mass is 10.2. The molecule has 0 radical (unpaired) electrons. The van der Waals surface area contributed by atoms with Crippen LogP contribution in [0.5, 0.6) is 5.88 Å². The number of benzene rings is 1. The van der Waals surface area contributed by atoms with Gasteiger partial charge in [-0.25, -0.2) is 19.6 Å². The van der Waals surface area contributed by atoms with Gasteiger partial charge >= 0.3 is 0 Å². The number of anilines is 1. The zero-order valence-electron chi connectivity index (χ0n) is 9.88. The number of hydrogen-bond donors (Lipinski definition) is 2. The second-order valence-electron chi connectivity index (χ2n) is 3.63. The van der Waals surface area contributed by atoms with Gasteiger partial charge in [0, 0.05) is 11.6 Å². The largest absolute Gasteiger partial charge is 0.471 e. The van der Waals surface area contributed by atoms with Gasteiger partial charge in [-0.3, -0.25) is 0 Å². The van der Waals surface area contributed by atoms with Crippen LogP contribution in [0.3, 0.4) is 0 Å². The predicted octanol–water partition coefficient (Wildman–Crippen LogP) is 2.07. The van der Waals surface area contributed by atoms with Crippen LogP contribution in [-0.4, -0.2) is 23.0 Å². The van der Waals surface area contributed by atoms with E-state index in [0.29, 0.717) is 5.82 Å². The Morgan fingerprint density at radius 2 is 1.95 bits per heavy atom. The van der Waals surface area contributed by atoms with E-state index in [0.717, 1.165) is 5.56 Å². The first-order chi connectivity index (χ1) is 9.19. The lowest BCUT2D eigenvalue weighted by Crippen LogP contribution is -2.12. The lowest BCUT2D eigenvalue weighted by molar-refractivity contribution is 0.0796. The van der Waals surface area contributed by atoms with Crippen LogP contribution < -0.4 is 16.0 Å². The van der Waals surface area contributed by atoms with Gasteiger partial charge in [0.15, 0.2) is 12.4 Å². The zero-order chi connectivity index (χ0) is 13.7. The number of ether oxygens (including phenoxy) is 1. The second-order valence-corrected chi connectivity index (χ2v) is 3.63. The Balaban J connectivity index is 2.31. The number of aromatic nitrogens is 2. The molecule has 0 fully saturated rings. The van der Waals surface area contributed by atoms with Crippen LogP contribution in [0.1, 0.15) is 0 Å². The standard InChI is InChI=1S/C12H12F2N4O/c13-9(14)7-19-11-6-10(18-15)16-12(17-11)8-4-2-1-3-5-8/h1-6,9H,7,15H2,(H,16,17,18). The molecule has 0 unspecified atom stereocenters. The molecule has 0 aliphatic carbocycles. The topological polar surface area (TPSA) is 73.1 Å². The summed E-state index contributed by atoms with van der Waals surface area (Å²) in [5, 5.41) is 0. The van der Waals surface area contributed by atoms with Crippen LogP contribution in [0.4, 0.5) is 14.6 Å². The SMILES string of the molecule is NNc1cc(OCC(F)F)nc(-c2ccccc2)n1. The van der Waals surface area contributed by atoms with E-state index in [1.807, 2.05) is 18.2 Å². The van der Waals surface area contributed by atoms with Gasteiger partial charge in [-0.1, -0.05) is 30.3 Å². The first-order valence-corrected chi connectivity index (χ1v) is 5.51. The van der Waals surface area contributed by atoms with E-state index in [1.54, 1.807) is 12.1 Å². The highest BCUT2D eigenvalue weighted by atomic mass is 19.3. The highest BCUT2D eigenvalue weighted by molar-refractivity contribution is 5.57. The number of nitrogen functional groups attached to an aromatic ring is 1. The smallest absolute Gasteiger partial charge is 0.272 e. The van der Waals surface area contributed by atoms with Crippen molar-refractivity contribution >= 4 is 5.82 Å². The molecule has 7 heteroatoms. The Morgan fingerprint density at radius 3 is 2.58 bits per heavy atom. The Labute approximate surface area is 108 Å². The molecule has 100 valence electrons. The van der Waals surface area contributed by atoms with Crippen LogP contribution >= 0.6 is 0 Å². The van der Waals surface area contributed by atoms with Crippen molar-refractivity contribution < 1.29 is 13.5 Å². The second kappa shape index (κ2) is 6.05. The van der Waals surface area contributed by atoms with Gasteiger partial charge in [0.25, 0.3) is 6.43 Å². The third kappa shape index (κ3) is 3.59. The van der Waals surface area contributed by atoms with Gasteiger partial charge in [-0.2, -0.15) is 4.98 Å². The number of alkyl halides is 2. The van der Waals surface area contributed by atoms with Crippen LogP contribution in [0.15, 0.2) is 36.4 Å². The molecular formula is C12H12F2N4O. The van der Waals surface area contributed by atoms with E-state index in [2.05, 4.69) is 15.4 Å². The summed E-state index contributed by atoms with van der Waals surface area (Å²) in [6, 6.07) is 10.4. The normalized spacial score (nSPS) is 10.5. The summed E-state index contributed by atoms with van der Waals surface area (Å²) in [5.41, 5.74) is 3.08. The maximum Gasteiger partial charge on any atom is 0.272 e. The molecule has 0 amide bonds. The fourth-order valence-electron chi connectivity index (χ4n) is 1.44. The molecule has 0 spiro atoms. The molecule has 0 bridgehead atoms. The fraction of sp³-hybridized carbons (Fsp3) is 0.167. The van der Waals surface area contributed by atoms with Crippen molar-refractivity contribution in [3.05, 3.63) is 36.4 Å². The quantitative estimate of drug-likeness (QED) is 0.640. The molecule has 2 rings (SSSR count). The highest BCUT2D eigenvalue weighted by Gasteiger charge is 2.09. The minimum Gasteiger partial charge on any atom is -0.471 e. The molecule has 0 saturated heterocycles. The Bertz CT molecular complexity index is 537. The number of halogens is 2. The number of nitrogens with zero attached hydrogens (tertiary/aromatic N) is 2. The van der Waals surface area contributed by atoms with Crippen molar-refractivity contribution in [1.29, 1.82) is 0 Å². The van der Waals surface area contributed by atoms with Gasteiger partial charge in [0.05, 0.1) is 0 Å². The molecule has 3 N–H and O–H groups in total. The first-order valence-electron chi connectivity index (χ1n) is 5.51. The average molecular weight is 266 g/mol. The number of nitrogens with one attached hydrogen (secondary N) is 1. The van der Waals surface area contributed by atoms with E-state index in [4.69, 9.17) is 10.6 Å². The monoisotopic (exact) mass is 266 g/mol. The summed E-state index contributed by atoms with van der Waals surface area (Å²) in [6.07, 6.45) is -2.57. The van der Waals surface area contributed by atoms with Crippen molar-refractivity contribution in [2.45, 2.75) is 6.43 Å². The van der Waals surface area contributed by atoms with Gasteiger partial charge in [-0.15, -0.1) is 0 Å². The van der Waals surface area contributed by atoms with Crippen LogP contribution in [0, 0.1) is 0 Å². The van der Waals surface area contributed by atoms with Crippen LogP contribution in [0.25, 0.3) is 11.4 Å². The van der Waals surface area contributed by atoms with E-state index in [-0.39, 0.29) is 11.7 Å². The van der Waals surface area contributed by atoms with Crippen molar-refractivity contribution in [3.8, 4) is 17.3 Å². The van der Waals surface area contributed by atoms with Crippen molar-refractivity contribution in [2.24, 2.45) is 5.84 Å². The maximum atomic E-state index is 12.1. The molecule has 19 heavy (non-hydrogen) atoms. The molecule has 0 aliphatic heterocycles. The van der Waals surface area contributed by atoms with Gasteiger partial charge in [0.2, 0.25) is 5.88 Å². The van der Waals surface area contributed by atoms with E-state index < -0.39 is 13.0 Å². The van der Waals surface area contributed by atoms with E-state index in [9.17, 15) is 8.78 Å². The van der Waals surface area contributed by atoms with Crippen LogP contribution in [-0.2, 0) is 0 Å². The summed E-state index contributed by atoms with van der Waals surface area (Å²) in [6.45, 7) is -0.727. The number of hydrogen-bond acceptors (Lipinski definition) is 5. The Kier molecular flexibility index (Phi) is 4.19. The van der Waals surface area contributed by atoms with Crippen LogP contribution in [0.2, 0.25) is 0 Å². The first kappa shape index (κ1) is 13.2. The molecule has 1 aromatic heterocycles. The average Bonchev–Trinajstić information content (AvgIpc) is 2.45. The van der Waals surface area contributed by atoms with Gasteiger partial charge in [-0.05, 0) is 0 Å². The predicted molar refractivity (Wildman–Crippen MR) is 66.8 cm³/mol. The zero-order valence-corrected chi connectivity index (χ0v) is 9.88. The molecule has 1 aromatic carbocycles. The third-order valence-electron chi connectivity index (χ3n) is 2.24. The van der Waals surface area contributed by atoms with E-state index in [1.165, 1.54) is 6.07 Å². The molecular weight excluding hydrogens is 254 g/mol. The van der Waals surface area contributed by atoms with Gasteiger partial charge < -0.3 is 10.2 Å². The Hall–Kier alpha value is -2.28. The summed E-state index contributed by atoms with van der Waals surface area (Å²) in [4.78, 5) is 8.20. The fourth-order valence-corrected chi connectivity index (χ4v) is 1.44. The number of rotatable bonds is 5. The minimum atomic E-state index is -2.57. The molecule has 0 aliphatic rings. The summed E-state index contributed by atoms with van der Waals surface area (Å²) in [5.74, 6) is 5.96. The maximum absolute atomic E-state index is 12.1. The van der Waals surface area contributed by atoms with E-state index >= 15 is 0 Å². The Morgan fingerprint density at radius 1 is 1.21 bits per heavy atom. The number of nitrogens with two attached hydrogens (primary N) is 1. The van der Waals surface area contributed by atoms with Crippen molar-refractivity contribution in [1.82, 2.24) is 9.97 Å². The molecule has 0 saturated carbocycles. The third-order valence-corrected chi connectivity index (χ3v) is 2.24. The molecule has 5 nitrogen and oxygen atoms in total. The van der Waals surface area contributed by atoms with Gasteiger partial charge in [0.1, 0.15) is 5.82 Å². The van der Waals surface area contributed by atoms with Crippen molar-refractivity contribution in [3.63, 3.8) is 0 Å². The van der Waals surface area contributed by atoms with Crippen molar-refractivity contribution in [2.75, 3.05) is 12.0 Å². The number of hydrazine groups is 1. The highest BCUT2D eigenvalue weighted by Crippen LogP contribution is 2.21. The summed E-state index contributed by atoms with van der Waals surface area (Å²) < 4.78 is 29.1.